The molecule has 0 bridgehead atoms. The average molecular weight is 344 g/mol. The molecule has 1 aromatic heterocycles. The Balaban J connectivity index is 1.42. The minimum absolute atomic E-state index is 0.159. The molecule has 1 saturated heterocycles. The van der Waals surface area contributed by atoms with Gasteiger partial charge in [-0.2, -0.15) is 0 Å². The van der Waals surface area contributed by atoms with Gasteiger partial charge in [0, 0.05) is 32.2 Å². The number of hydrogen-bond acceptors (Lipinski definition) is 6. The number of ether oxygens (including phenoxy) is 1. The van der Waals surface area contributed by atoms with Gasteiger partial charge in [0.25, 0.3) is 0 Å². The Kier molecular flexibility index (Phi) is 5.30. The lowest BCUT2D eigenvalue weighted by Gasteiger charge is -2.33. The summed E-state index contributed by atoms with van der Waals surface area (Å²) >= 11 is 0. The summed E-state index contributed by atoms with van der Waals surface area (Å²) in [5.74, 6) is 1.42. The van der Waals surface area contributed by atoms with Gasteiger partial charge in [0.05, 0.1) is 6.54 Å². The fourth-order valence-corrected chi connectivity index (χ4v) is 2.55. The van der Waals surface area contributed by atoms with Crippen molar-refractivity contribution < 1.29 is 18.8 Å². The number of carbonyl (C=O) groups is 2. The highest BCUT2D eigenvalue weighted by Crippen LogP contribution is 2.12. The van der Waals surface area contributed by atoms with E-state index >= 15 is 0 Å². The molecule has 3 rings (SSSR count). The van der Waals surface area contributed by atoms with Crippen molar-refractivity contribution in [2.24, 2.45) is 0 Å². The zero-order valence-electron chi connectivity index (χ0n) is 14.0. The number of hydrogen-bond donors (Lipinski definition) is 1. The number of nitrogens with zero attached hydrogens (tertiary/aromatic N) is 3. The summed E-state index contributed by atoms with van der Waals surface area (Å²) in [7, 11) is 0. The topological polar surface area (TPSA) is 87.9 Å². The fourth-order valence-electron chi connectivity index (χ4n) is 2.55. The van der Waals surface area contributed by atoms with Crippen LogP contribution in [0, 0.1) is 6.92 Å². The van der Waals surface area contributed by atoms with Gasteiger partial charge in [0.1, 0.15) is 11.5 Å². The van der Waals surface area contributed by atoms with E-state index in [1.165, 1.54) is 0 Å². The average Bonchev–Trinajstić information content (AvgIpc) is 3.01. The van der Waals surface area contributed by atoms with Crippen LogP contribution in [0.3, 0.4) is 0 Å². The van der Waals surface area contributed by atoms with Crippen LogP contribution in [0.15, 0.2) is 40.9 Å². The molecule has 1 N–H and O–H groups in total. The van der Waals surface area contributed by atoms with Crippen LogP contribution in [-0.4, -0.2) is 59.7 Å². The van der Waals surface area contributed by atoms with Crippen molar-refractivity contribution in [3.63, 3.8) is 0 Å². The number of nitrogens with one attached hydrogen (secondary N) is 1. The molecule has 132 valence electrons. The highest BCUT2D eigenvalue weighted by Gasteiger charge is 2.24. The SMILES string of the molecule is Cc1cc(NC(=O)CN2CCN(C(=O)Oc3ccccc3)CC2)no1. The van der Waals surface area contributed by atoms with Crippen LogP contribution < -0.4 is 10.1 Å². The molecule has 1 aliphatic heterocycles. The van der Waals surface area contributed by atoms with E-state index < -0.39 is 0 Å². The Bertz CT molecular complexity index is 723. The third kappa shape index (κ3) is 4.80. The standard InChI is InChI=1S/C17H20N4O4/c1-13-11-15(19-25-13)18-16(22)12-20-7-9-21(10-8-20)17(23)24-14-5-3-2-4-6-14/h2-6,11H,7-10,12H2,1H3,(H,18,19,22). The molecule has 8 heteroatoms. The second kappa shape index (κ2) is 7.80. The summed E-state index contributed by atoms with van der Waals surface area (Å²) in [6.07, 6.45) is -0.367. The van der Waals surface area contributed by atoms with Crippen LogP contribution >= 0.6 is 0 Å². The second-order valence-corrected chi connectivity index (χ2v) is 5.82. The van der Waals surface area contributed by atoms with Gasteiger partial charge < -0.3 is 19.5 Å². The van der Waals surface area contributed by atoms with Crippen LogP contribution in [0.25, 0.3) is 0 Å². The van der Waals surface area contributed by atoms with Gasteiger partial charge >= 0.3 is 6.09 Å². The molecule has 1 fully saturated rings. The summed E-state index contributed by atoms with van der Waals surface area (Å²) in [5, 5.41) is 6.42. The molecule has 2 amide bonds. The van der Waals surface area contributed by atoms with Crippen LogP contribution in [0.4, 0.5) is 10.6 Å². The quantitative estimate of drug-likeness (QED) is 0.909. The summed E-state index contributed by atoms with van der Waals surface area (Å²) in [6, 6.07) is 10.6. The first-order valence-electron chi connectivity index (χ1n) is 8.07. The predicted molar refractivity (Wildman–Crippen MR) is 90.3 cm³/mol. The van der Waals surface area contributed by atoms with Crippen molar-refractivity contribution in [3.05, 3.63) is 42.2 Å². The maximum atomic E-state index is 12.1. The molecule has 1 aliphatic rings. The van der Waals surface area contributed by atoms with E-state index in [1.54, 1.807) is 30.0 Å². The van der Waals surface area contributed by atoms with Gasteiger partial charge in [-0.3, -0.25) is 9.69 Å². The molecule has 0 saturated carbocycles. The minimum atomic E-state index is -0.367. The normalized spacial score (nSPS) is 15.0. The third-order valence-electron chi connectivity index (χ3n) is 3.84. The first kappa shape index (κ1) is 17.0. The lowest BCUT2D eigenvalue weighted by atomic mass is 10.3. The zero-order valence-corrected chi connectivity index (χ0v) is 14.0. The molecule has 0 aliphatic carbocycles. The Hall–Kier alpha value is -2.87. The summed E-state index contributed by atoms with van der Waals surface area (Å²) in [6.45, 7) is 4.25. The van der Waals surface area contributed by atoms with Gasteiger partial charge in [0.2, 0.25) is 5.91 Å². The minimum Gasteiger partial charge on any atom is -0.410 e. The Morgan fingerprint density at radius 2 is 1.92 bits per heavy atom. The molecule has 8 nitrogen and oxygen atoms in total. The van der Waals surface area contributed by atoms with Crippen LogP contribution in [0.5, 0.6) is 5.75 Å². The summed E-state index contributed by atoms with van der Waals surface area (Å²) in [5.41, 5.74) is 0. The molecule has 0 spiro atoms. The predicted octanol–water partition coefficient (Wildman–Crippen LogP) is 1.74. The van der Waals surface area contributed by atoms with E-state index in [-0.39, 0.29) is 18.5 Å². The Morgan fingerprint density at radius 3 is 2.56 bits per heavy atom. The van der Waals surface area contributed by atoms with Crippen molar-refractivity contribution >= 4 is 17.8 Å². The highest BCUT2D eigenvalue weighted by atomic mass is 16.6. The molecule has 1 aromatic carbocycles. The molecule has 2 aromatic rings. The van der Waals surface area contributed by atoms with E-state index in [2.05, 4.69) is 10.5 Å². The van der Waals surface area contributed by atoms with E-state index in [0.29, 0.717) is 43.5 Å². The van der Waals surface area contributed by atoms with E-state index in [0.717, 1.165) is 0 Å². The number of aromatic nitrogens is 1. The van der Waals surface area contributed by atoms with Crippen molar-refractivity contribution in [2.75, 3.05) is 38.0 Å². The summed E-state index contributed by atoms with van der Waals surface area (Å²) in [4.78, 5) is 27.8. The van der Waals surface area contributed by atoms with Gasteiger partial charge in [0.15, 0.2) is 5.82 Å². The van der Waals surface area contributed by atoms with E-state index in [4.69, 9.17) is 9.26 Å². The number of anilines is 1. The van der Waals surface area contributed by atoms with Crippen LogP contribution in [-0.2, 0) is 4.79 Å². The Labute approximate surface area is 145 Å². The number of piperazine rings is 1. The number of aryl methyl sites for hydroxylation is 1. The molecule has 0 radical (unpaired) electrons. The summed E-state index contributed by atoms with van der Waals surface area (Å²) < 4.78 is 10.2. The molecular formula is C17H20N4O4. The second-order valence-electron chi connectivity index (χ2n) is 5.82. The lowest BCUT2D eigenvalue weighted by Crippen LogP contribution is -2.51. The number of amides is 2. The molecule has 25 heavy (non-hydrogen) atoms. The lowest BCUT2D eigenvalue weighted by molar-refractivity contribution is -0.117. The fraction of sp³-hybridized carbons (Fsp3) is 0.353. The number of carbonyl (C=O) groups excluding carboxylic acids is 2. The first-order valence-corrected chi connectivity index (χ1v) is 8.07. The van der Waals surface area contributed by atoms with Gasteiger partial charge in [-0.1, -0.05) is 23.4 Å². The van der Waals surface area contributed by atoms with E-state index in [9.17, 15) is 9.59 Å². The maximum absolute atomic E-state index is 12.1. The molecule has 2 heterocycles. The molecule has 0 atom stereocenters. The highest BCUT2D eigenvalue weighted by molar-refractivity contribution is 5.91. The molecular weight excluding hydrogens is 324 g/mol. The number of para-hydroxylation sites is 1. The number of rotatable bonds is 4. The van der Waals surface area contributed by atoms with Crippen molar-refractivity contribution in [1.29, 1.82) is 0 Å². The van der Waals surface area contributed by atoms with E-state index in [1.807, 2.05) is 23.1 Å². The number of benzene rings is 1. The molecule has 0 unspecified atom stereocenters. The third-order valence-corrected chi connectivity index (χ3v) is 3.84. The van der Waals surface area contributed by atoms with Gasteiger partial charge in [-0.15, -0.1) is 0 Å². The first-order chi connectivity index (χ1) is 12.1. The Morgan fingerprint density at radius 1 is 1.20 bits per heavy atom. The zero-order chi connectivity index (χ0) is 17.6. The van der Waals surface area contributed by atoms with Crippen LogP contribution in [0.1, 0.15) is 5.76 Å². The van der Waals surface area contributed by atoms with Crippen molar-refractivity contribution in [2.45, 2.75) is 6.92 Å². The van der Waals surface area contributed by atoms with Crippen molar-refractivity contribution in [1.82, 2.24) is 15.0 Å². The van der Waals surface area contributed by atoms with Crippen molar-refractivity contribution in [3.8, 4) is 5.75 Å². The maximum Gasteiger partial charge on any atom is 0.415 e. The van der Waals surface area contributed by atoms with Gasteiger partial charge in [-0.05, 0) is 19.1 Å². The largest absolute Gasteiger partial charge is 0.415 e. The monoisotopic (exact) mass is 344 g/mol. The van der Waals surface area contributed by atoms with Crippen LogP contribution in [0.2, 0.25) is 0 Å². The van der Waals surface area contributed by atoms with Gasteiger partial charge in [-0.25, -0.2) is 4.79 Å². The smallest absolute Gasteiger partial charge is 0.410 e.